The molecule has 1 unspecified atom stereocenters. The number of rotatable bonds is 3. The summed E-state index contributed by atoms with van der Waals surface area (Å²) in [5, 5.41) is 10.0. The Kier molecular flexibility index (Phi) is 2.80. The van der Waals surface area contributed by atoms with E-state index in [9.17, 15) is 9.90 Å². The smallest absolute Gasteiger partial charge is 0.337 e. The van der Waals surface area contributed by atoms with Crippen molar-refractivity contribution in [1.82, 2.24) is 4.57 Å². The van der Waals surface area contributed by atoms with E-state index >= 15 is 0 Å². The Morgan fingerprint density at radius 3 is 3.00 bits per heavy atom. The van der Waals surface area contributed by atoms with Gasteiger partial charge in [0.2, 0.25) is 0 Å². The lowest BCUT2D eigenvalue weighted by molar-refractivity contribution is 0.0697. The molecule has 1 fully saturated rings. The van der Waals surface area contributed by atoms with Gasteiger partial charge in [0.15, 0.2) is 0 Å². The fraction of sp³-hybridized carbons (Fsp3) is 0.357. The zero-order valence-electron chi connectivity index (χ0n) is 10.0. The third kappa shape index (κ3) is 1.88. The quantitative estimate of drug-likeness (QED) is 0.904. The van der Waals surface area contributed by atoms with Gasteiger partial charge < -0.3 is 14.4 Å². The molecule has 1 saturated heterocycles. The summed E-state index contributed by atoms with van der Waals surface area (Å²) < 4.78 is 7.60. The number of aromatic carboxylic acids is 1. The van der Waals surface area contributed by atoms with Gasteiger partial charge in [0.1, 0.15) is 0 Å². The molecule has 1 aliphatic rings. The number of carboxylic acids is 1. The second kappa shape index (κ2) is 4.46. The molecule has 4 nitrogen and oxygen atoms in total. The van der Waals surface area contributed by atoms with Gasteiger partial charge in [0.05, 0.1) is 11.7 Å². The van der Waals surface area contributed by atoms with Crippen LogP contribution in [0.15, 0.2) is 30.5 Å². The van der Waals surface area contributed by atoms with Crippen molar-refractivity contribution in [3.8, 4) is 0 Å². The minimum Gasteiger partial charge on any atom is -0.478 e. The van der Waals surface area contributed by atoms with Crippen LogP contribution in [-0.4, -0.2) is 28.4 Å². The highest BCUT2D eigenvalue weighted by atomic mass is 16.5. The summed E-state index contributed by atoms with van der Waals surface area (Å²) in [6, 6.07) is 7.60. The molecule has 1 aromatic carbocycles. The van der Waals surface area contributed by atoms with Crippen LogP contribution in [0.2, 0.25) is 0 Å². The number of carbonyl (C=O) groups is 1. The topological polar surface area (TPSA) is 51.5 Å². The molecule has 4 heteroatoms. The fourth-order valence-electron chi connectivity index (χ4n) is 2.58. The van der Waals surface area contributed by atoms with Crippen molar-refractivity contribution in [2.45, 2.75) is 25.5 Å². The van der Waals surface area contributed by atoms with Crippen molar-refractivity contribution >= 4 is 16.9 Å². The second-order valence-electron chi connectivity index (χ2n) is 4.65. The van der Waals surface area contributed by atoms with Crippen molar-refractivity contribution in [3.63, 3.8) is 0 Å². The van der Waals surface area contributed by atoms with Gasteiger partial charge in [-0.25, -0.2) is 4.79 Å². The summed E-state index contributed by atoms with van der Waals surface area (Å²) in [6.45, 7) is 1.55. The van der Waals surface area contributed by atoms with E-state index in [1.807, 2.05) is 28.8 Å². The highest BCUT2D eigenvalue weighted by Crippen LogP contribution is 2.23. The molecule has 0 spiro atoms. The van der Waals surface area contributed by atoms with E-state index in [0.717, 1.165) is 36.9 Å². The van der Waals surface area contributed by atoms with E-state index in [-0.39, 0.29) is 6.10 Å². The van der Waals surface area contributed by atoms with Crippen LogP contribution in [0.4, 0.5) is 0 Å². The van der Waals surface area contributed by atoms with Crippen LogP contribution in [0.5, 0.6) is 0 Å². The van der Waals surface area contributed by atoms with Crippen molar-refractivity contribution in [1.29, 1.82) is 0 Å². The van der Waals surface area contributed by atoms with Crippen LogP contribution in [0.1, 0.15) is 23.2 Å². The van der Waals surface area contributed by atoms with E-state index in [1.54, 1.807) is 6.20 Å². The average molecular weight is 245 g/mol. The summed E-state index contributed by atoms with van der Waals surface area (Å²) in [5.41, 5.74) is 1.33. The molecule has 1 N–H and O–H groups in total. The number of carboxylic acid groups (broad SMARTS) is 1. The average Bonchev–Trinajstić information content (AvgIpc) is 2.98. The molecule has 0 amide bonds. The van der Waals surface area contributed by atoms with Gasteiger partial charge in [-0.3, -0.25) is 0 Å². The first-order valence-corrected chi connectivity index (χ1v) is 6.18. The number of ether oxygens (including phenoxy) is 1. The molecule has 2 aromatic rings. The van der Waals surface area contributed by atoms with Crippen LogP contribution in [-0.2, 0) is 11.3 Å². The van der Waals surface area contributed by atoms with E-state index in [1.165, 1.54) is 0 Å². The maximum absolute atomic E-state index is 11.2. The molecule has 0 aliphatic carbocycles. The Morgan fingerprint density at radius 2 is 2.28 bits per heavy atom. The number of fused-ring (bicyclic) bond motifs is 1. The first-order chi connectivity index (χ1) is 8.75. The highest BCUT2D eigenvalue weighted by Gasteiger charge is 2.19. The number of hydrogen-bond donors (Lipinski definition) is 1. The largest absolute Gasteiger partial charge is 0.478 e. The lowest BCUT2D eigenvalue weighted by atomic mass is 10.2. The van der Waals surface area contributed by atoms with Gasteiger partial charge in [-0.05, 0) is 18.9 Å². The molecule has 3 rings (SSSR count). The normalized spacial score (nSPS) is 19.4. The third-order valence-corrected chi connectivity index (χ3v) is 3.44. The lowest BCUT2D eigenvalue weighted by Crippen LogP contribution is -2.14. The van der Waals surface area contributed by atoms with Gasteiger partial charge in [-0.15, -0.1) is 0 Å². The number of benzene rings is 1. The van der Waals surface area contributed by atoms with Crippen molar-refractivity contribution < 1.29 is 14.6 Å². The van der Waals surface area contributed by atoms with Gasteiger partial charge in [-0.2, -0.15) is 0 Å². The van der Waals surface area contributed by atoms with Gasteiger partial charge in [0, 0.05) is 30.3 Å². The van der Waals surface area contributed by atoms with E-state index in [0.29, 0.717) is 5.56 Å². The van der Waals surface area contributed by atoms with Crippen LogP contribution in [0.3, 0.4) is 0 Å². The van der Waals surface area contributed by atoms with E-state index in [4.69, 9.17) is 4.74 Å². The summed E-state index contributed by atoms with van der Waals surface area (Å²) >= 11 is 0. The molecule has 1 aliphatic heterocycles. The minimum absolute atomic E-state index is 0.211. The van der Waals surface area contributed by atoms with Crippen LogP contribution < -0.4 is 0 Å². The SMILES string of the molecule is O=C(O)c1cn(CC2CCCO2)c2ccccc12. The maximum Gasteiger partial charge on any atom is 0.337 e. The molecule has 0 radical (unpaired) electrons. The Balaban J connectivity index is 2.02. The molecular weight excluding hydrogens is 230 g/mol. The van der Waals surface area contributed by atoms with Crippen molar-refractivity contribution in [2.24, 2.45) is 0 Å². The van der Waals surface area contributed by atoms with Gasteiger partial charge >= 0.3 is 5.97 Å². The summed E-state index contributed by atoms with van der Waals surface area (Å²) in [6.07, 6.45) is 4.07. The number of aromatic nitrogens is 1. The van der Waals surface area contributed by atoms with E-state index < -0.39 is 5.97 Å². The molecule has 18 heavy (non-hydrogen) atoms. The maximum atomic E-state index is 11.2. The first kappa shape index (κ1) is 11.3. The first-order valence-electron chi connectivity index (χ1n) is 6.18. The number of para-hydroxylation sites is 1. The summed E-state index contributed by atoms with van der Waals surface area (Å²) in [4.78, 5) is 11.2. The zero-order chi connectivity index (χ0) is 12.5. The zero-order valence-corrected chi connectivity index (χ0v) is 10.0. The molecule has 2 heterocycles. The second-order valence-corrected chi connectivity index (χ2v) is 4.65. The number of nitrogens with zero attached hydrogens (tertiary/aromatic N) is 1. The number of hydrogen-bond acceptors (Lipinski definition) is 2. The molecule has 0 bridgehead atoms. The monoisotopic (exact) mass is 245 g/mol. The fourth-order valence-corrected chi connectivity index (χ4v) is 2.58. The highest BCUT2D eigenvalue weighted by molar-refractivity contribution is 6.03. The lowest BCUT2D eigenvalue weighted by Gasteiger charge is -2.11. The molecule has 0 saturated carbocycles. The predicted molar refractivity (Wildman–Crippen MR) is 67.9 cm³/mol. The Hall–Kier alpha value is -1.81. The van der Waals surface area contributed by atoms with E-state index in [2.05, 4.69) is 0 Å². The van der Waals surface area contributed by atoms with Crippen LogP contribution in [0.25, 0.3) is 10.9 Å². The van der Waals surface area contributed by atoms with Crippen molar-refractivity contribution in [2.75, 3.05) is 6.61 Å². The molecular formula is C14H15NO3. The summed E-state index contributed by atoms with van der Waals surface area (Å²) in [7, 11) is 0. The minimum atomic E-state index is -0.878. The Labute approximate surface area is 105 Å². The standard InChI is InChI=1S/C14H15NO3/c16-14(17)12-9-15(8-10-4-3-7-18-10)13-6-2-1-5-11(12)13/h1-2,5-6,9-10H,3-4,7-8H2,(H,16,17). The molecule has 1 atom stereocenters. The molecule has 94 valence electrons. The Bertz CT molecular complexity index is 582. The predicted octanol–water partition coefficient (Wildman–Crippen LogP) is 2.52. The third-order valence-electron chi connectivity index (χ3n) is 3.44. The van der Waals surface area contributed by atoms with Crippen LogP contribution in [0, 0.1) is 0 Å². The summed E-state index contributed by atoms with van der Waals surface area (Å²) in [5.74, 6) is -0.878. The van der Waals surface area contributed by atoms with Crippen LogP contribution >= 0.6 is 0 Å². The van der Waals surface area contributed by atoms with Gasteiger partial charge in [-0.1, -0.05) is 18.2 Å². The van der Waals surface area contributed by atoms with Crippen molar-refractivity contribution in [3.05, 3.63) is 36.0 Å². The van der Waals surface area contributed by atoms with Gasteiger partial charge in [0.25, 0.3) is 0 Å². The molecule has 1 aromatic heterocycles. The Morgan fingerprint density at radius 1 is 1.44 bits per heavy atom.